The van der Waals surface area contributed by atoms with E-state index in [-0.39, 0.29) is 17.7 Å². The van der Waals surface area contributed by atoms with Crippen LogP contribution in [0.3, 0.4) is 0 Å². The SMILES string of the molecule is C[C@@H](OC(=O)c1ccco1)C(=O)N[C@H]1CCOc2ccccc21. The van der Waals surface area contributed by atoms with E-state index < -0.39 is 12.1 Å². The molecule has 3 rings (SSSR count). The highest BCUT2D eigenvalue weighted by atomic mass is 16.6. The molecule has 120 valence electrons. The third-order valence-electron chi connectivity index (χ3n) is 3.65. The van der Waals surface area contributed by atoms with E-state index >= 15 is 0 Å². The van der Waals surface area contributed by atoms with Crippen molar-refractivity contribution in [3.63, 3.8) is 0 Å². The van der Waals surface area contributed by atoms with E-state index in [2.05, 4.69) is 5.32 Å². The fraction of sp³-hybridized carbons (Fsp3) is 0.294. The smallest absolute Gasteiger partial charge is 0.374 e. The minimum Gasteiger partial charge on any atom is -0.493 e. The molecule has 1 N–H and O–H groups in total. The zero-order valence-corrected chi connectivity index (χ0v) is 12.7. The average molecular weight is 315 g/mol. The van der Waals surface area contributed by atoms with Gasteiger partial charge in [0.2, 0.25) is 5.76 Å². The van der Waals surface area contributed by atoms with Gasteiger partial charge in [0.25, 0.3) is 5.91 Å². The molecule has 1 aromatic heterocycles. The van der Waals surface area contributed by atoms with Gasteiger partial charge in [-0.05, 0) is 25.1 Å². The molecule has 1 aromatic carbocycles. The molecule has 23 heavy (non-hydrogen) atoms. The Bertz CT molecular complexity index is 695. The maximum absolute atomic E-state index is 12.3. The number of carbonyl (C=O) groups excluding carboxylic acids is 2. The largest absolute Gasteiger partial charge is 0.493 e. The maximum Gasteiger partial charge on any atom is 0.374 e. The molecule has 0 saturated carbocycles. The molecule has 2 heterocycles. The molecular weight excluding hydrogens is 298 g/mol. The fourth-order valence-electron chi connectivity index (χ4n) is 2.45. The molecule has 0 radical (unpaired) electrons. The first-order chi connectivity index (χ1) is 11.1. The van der Waals surface area contributed by atoms with Crippen molar-refractivity contribution in [2.24, 2.45) is 0 Å². The van der Waals surface area contributed by atoms with Crippen molar-refractivity contribution >= 4 is 11.9 Å². The number of fused-ring (bicyclic) bond motifs is 1. The lowest BCUT2D eigenvalue weighted by Gasteiger charge is -2.27. The highest BCUT2D eigenvalue weighted by Crippen LogP contribution is 2.31. The van der Waals surface area contributed by atoms with Gasteiger partial charge in [0, 0.05) is 12.0 Å². The number of esters is 1. The van der Waals surface area contributed by atoms with E-state index in [1.807, 2.05) is 24.3 Å². The molecule has 0 saturated heterocycles. The number of nitrogens with one attached hydrogen (secondary N) is 1. The summed E-state index contributed by atoms with van der Waals surface area (Å²) in [5.74, 6) is -0.179. The van der Waals surface area contributed by atoms with E-state index in [9.17, 15) is 9.59 Å². The number of rotatable bonds is 4. The lowest BCUT2D eigenvalue weighted by Crippen LogP contribution is -2.39. The van der Waals surface area contributed by atoms with Crippen LogP contribution in [-0.2, 0) is 9.53 Å². The van der Waals surface area contributed by atoms with Gasteiger partial charge in [-0.1, -0.05) is 18.2 Å². The molecule has 0 aliphatic carbocycles. The lowest BCUT2D eigenvalue weighted by atomic mass is 10.0. The van der Waals surface area contributed by atoms with Crippen LogP contribution >= 0.6 is 0 Å². The van der Waals surface area contributed by atoms with Crippen LogP contribution in [0.1, 0.15) is 35.5 Å². The molecule has 2 atom stereocenters. The molecule has 0 bridgehead atoms. The van der Waals surface area contributed by atoms with Crippen LogP contribution in [0.25, 0.3) is 0 Å². The quantitative estimate of drug-likeness (QED) is 0.877. The second kappa shape index (κ2) is 6.56. The van der Waals surface area contributed by atoms with Crippen LogP contribution in [0.15, 0.2) is 47.1 Å². The first kappa shape index (κ1) is 15.1. The van der Waals surface area contributed by atoms with E-state index in [0.717, 1.165) is 11.3 Å². The fourth-order valence-corrected chi connectivity index (χ4v) is 2.45. The summed E-state index contributed by atoms with van der Waals surface area (Å²) in [7, 11) is 0. The number of para-hydroxylation sites is 1. The van der Waals surface area contributed by atoms with Gasteiger partial charge in [0.15, 0.2) is 6.10 Å². The third-order valence-corrected chi connectivity index (χ3v) is 3.65. The van der Waals surface area contributed by atoms with Crippen molar-refractivity contribution in [2.75, 3.05) is 6.61 Å². The Balaban J connectivity index is 1.62. The molecule has 1 aliphatic heterocycles. The summed E-state index contributed by atoms with van der Waals surface area (Å²) in [6.45, 7) is 2.06. The van der Waals surface area contributed by atoms with Crippen molar-refractivity contribution < 1.29 is 23.5 Å². The minimum absolute atomic E-state index is 0.0704. The Labute approximate surface area is 133 Å². The Hall–Kier alpha value is -2.76. The molecule has 1 amide bonds. The topological polar surface area (TPSA) is 77.8 Å². The summed E-state index contributed by atoms with van der Waals surface area (Å²) in [5, 5.41) is 2.90. The second-order valence-corrected chi connectivity index (χ2v) is 5.26. The number of amides is 1. The normalized spacial score (nSPS) is 17.5. The highest BCUT2D eigenvalue weighted by molar-refractivity contribution is 5.90. The predicted octanol–water partition coefficient (Wildman–Crippen LogP) is 2.46. The number of hydrogen-bond acceptors (Lipinski definition) is 5. The zero-order chi connectivity index (χ0) is 16.2. The summed E-state index contributed by atoms with van der Waals surface area (Å²) in [6.07, 6.45) is 1.13. The molecule has 1 aliphatic rings. The first-order valence-electron chi connectivity index (χ1n) is 7.42. The number of ether oxygens (including phenoxy) is 2. The van der Waals surface area contributed by atoms with Crippen LogP contribution in [0, 0.1) is 0 Å². The number of furan rings is 1. The van der Waals surface area contributed by atoms with Gasteiger partial charge in [-0.25, -0.2) is 4.79 Å². The summed E-state index contributed by atoms with van der Waals surface area (Å²) >= 11 is 0. The second-order valence-electron chi connectivity index (χ2n) is 5.26. The van der Waals surface area contributed by atoms with Gasteiger partial charge in [-0.3, -0.25) is 4.79 Å². The molecule has 6 nitrogen and oxygen atoms in total. The van der Waals surface area contributed by atoms with E-state index in [4.69, 9.17) is 13.9 Å². The van der Waals surface area contributed by atoms with Crippen molar-refractivity contribution in [1.29, 1.82) is 0 Å². The van der Waals surface area contributed by atoms with Gasteiger partial charge in [-0.15, -0.1) is 0 Å². The van der Waals surface area contributed by atoms with Crippen molar-refractivity contribution in [1.82, 2.24) is 5.32 Å². The Morgan fingerprint density at radius 2 is 2.09 bits per heavy atom. The summed E-state index contributed by atoms with van der Waals surface area (Å²) in [4.78, 5) is 24.1. The highest BCUT2D eigenvalue weighted by Gasteiger charge is 2.26. The van der Waals surface area contributed by atoms with Crippen molar-refractivity contribution in [3.05, 3.63) is 54.0 Å². The number of benzene rings is 1. The zero-order valence-electron chi connectivity index (χ0n) is 12.7. The van der Waals surface area contributed by atoms with Crippen molar-refractivity contribution in [2.45, 2.75) is 25.5 Å². The summed E-state index contributed by atoms with van der Waals surface area (Å²) in [6, 6.07) is 10.5. The van der Waals surface area contributed by atoms with Crippen molar-refractivity contribution in [3.8, 4) is 5.75 Å². The predicted molar refractivity (Wildman–Crippen MR) is 81.0 cm³/mol. The Morgan fingerprint density at radius 3 is 2.87 bits per heavy atom. The summed E-state index contributed by atoms with van der Waals surface area (Å²) < 4.78 is 15.6. The van der Waals surface area contributed by atoms with E-state index in [1.54, 1.807) is 6.07 Å². The Morgan fingerprint density at radius 1 is 1.26 bits per heavy atom. The van der Waals surface area contributed by atoms with Gasteiger partial charge in [0.05, 0.1) is 18.9 Å². The first-order valence-corrected chi connectivity index (χ1v) is 7.42. The van der Waals surface area contributed by atoms with Crippen LogP contribution in [0.2, 0.25) is 0 Å². The molecule has 0 fully saturated rings. The third kappa shape index (κ3) is 3.36. The van der Waals surface area contributed by atoms with Gasteiger partial charge < -0.3 is 19.2 Å². The Kier molecular flexibility index (Phi) is 4.32. The van der Waals surface area contributed by atoms with Crippen LogP contribution in [0.5, 0.6) is 5.75 Å². The average Bonchev–Trinajstić information content (AvgIpc) is 3.09. The number of carbonyl (C=O) groups is 2. The van der Waals surface area contributed by atoms with Gasteiger partial charge in [-0.2, -0.15) is 0 Å². The van der Waals surface area contributed by atoms with Crippen LogP contribution in [0.4, 0.5) is 0 Å². The lowest BCUT2D eigenvalue weighted by molar-refractivity contribution is -0.130. The van der Waals surface area contributed by atoms with E-state index in [0.29, 0.717) is 13.0 Å². The van der Waals surface area contributed by atoms with E-state index in [1.165, 1.54) is 19.3 Å². The molecular formula is C17H17NO5. The number of hydrogen-bond donors (Lipinski definition) is 1. The standard InChI is InChI=1S/C17H17NO5/c1-11(23-17(20)15-7-4-9-21-15)16(19)18-13-8-10-22-14-6-3-2-5-12(13)14/h2-7,9,11,13H,8,10H2,1H3,(H,18,19)/t11-,13+/m1/s1. The summed E-state index contributed by atoms with van der Waals surface area (Å²) in [5.41, 5.74) is 0.927. The van der Waals surface area contributed by atoms with Crippen LogP contribution in [-0.4, -0.2) is 24.6 Å². The maximum atomic E-state index is 12.3. The molecule has 0 unspecified atom stereocenters. The minimum atomic E-state index is -0.914. The monoisotopic (exact) mass is 315 g/mol. The molecule has 2 aromatic rings. The van der Waals surface area contributed by atoms with Crippen LogP contribution < -0.4 is 10.1 Å². The molecule has 6 heteroatoms. The van der Waals surface area contributed by atoms with Gasteiger partial charge in [0.1, 0.15) is 5.75 Å². The molecule has 0 spiro atoms. The van der Waals surface area contributed by atoms with Gasteiger partial charge >= 0.3 is 5.97 Å².